The van der Waals surface area contributed by atoms with Gasteiger partial charge in [-0.2, -0.15) is 0 Å². The van der Waals surface area contributed by atoms with Crippen molar-refractivity contribution < 1.29 is 23.5 Å². The van der Waals surface area contributed by atoms with E-state index in [4.69, 9.17) is 14.2 Å². The van der Waals surface area contributed by atoms with Crippen LogP contribution >= 0.6 is 7.60 Å². The normalized spacial score (nSPS) is 13.2. The number of hydrogen-bond acceptors (Lipinski definition) is 4. The quantitative estimate of drug-likeness (QED) is 0.833. The summed E-state index contributed by atoms with van der Waals surface area (Å²) in [7, 11) is -3.67. The number of rotatable bonds is 5. The molecule has 1 N–H and O–H groups in total. The Balaban J connectivity index is 3.39. The molecule has 0 aliphatic rings. The van der Waals surface area contributed by atoms with Crippen molar-refractivity contribution in [2.45, 2.75) is 59.2 Å². The Morgan fingerprint density at radius 3 is 1.91 bits per heavy atom. The number of carboxylic acids is 1. The summed E-state index contributed by atoms with van der Waals surface area (Å²) in [6, 6.07) is 6.65. The lowest BCUT2D eigenvalue weighted by Gasteiger charge is -2.32. The minimum Gasteiger partial charge on any atom is -0.481 e. The van der Waals surface area contributed by atoms with E-state index < -0.39 is 24.8 Å². The minimum absolute atomic E-state index is 0.235. The summed E-state index contributed by atoms with van der Waals surface area (Å²) in [6.07, 6.45) is -0.235. The Morgan fingerprint density at radius 1 is 1.05 bits per heavy atom. The van der Waals surface area contributed by atoms with Crippen LogP contribution in [-0.2, 0) is 24.8 Å². The Bertz CT molecular complexity index is 561. The van der Waals surface area contributed by atoms with Crippen LogP contribution < -0.4 is 5.30 Å². The summed E-state index contributed by atoms with van der Waals surface area (Å²) in [5.74, 6) is -0.995. The summed E-state index contributed by atoms with van der Waals surface area (Å²) in [6.45, 7) is 10.7. The largest absolute Gasteiger partial charge is 0.481 e. The van der Waals surface area contributed by atoms with E-state index in [1.54, 1.807) is 65.8 Å². The third-order valence-corrected chi connectivity index (χ3v) is 5.02. The van der Waals surface area contributed by atoms with Crippen molar-refractivity contribution in [3.63, 3.8) is 0 Å². The summed E-state index contributed by atoms with van der Waals surface area (Å²) in [4.78, 5) is 11.0. The molecule has 0 unspecified atom stereocenters. The zero-order chi connectivity index (χ0) is 17.2. The van der Waals surface area contributed by atoms with Crippen LogP contribution in [0.2, 0.25) is 0 Å². The molecule has 22 heavy (non-hydrogen) atoms. The Kier molecular flexibility index (Phi) is 5.61. The molecule has 0 spiro atoms. The molecule has 124 valence electrons. The number of aliphatic carboxylic acids is 1. The molecular formula is C16H25O5P. The first-order valence-electron chi connectivity index (χ1n) is 7.14. The highest BCUT2D eigenvalue weighted by atomic mass is 31.2. The highest BCUT2D eigenvalue weighted by molar-refractivity contribution is 7.62. The number of hydrogen-bond donors (Lipinski definition) is 1. The predicted octanol–water partition coefficient (Wildman–Crippen LogP) is 3.76. The fourth-order valence-electron chi connectivity index (χ4n) is 1.93. The first-order valence-corrected chi connectivity index (χ1v) is 8.68. The summed E-state index contributed by atoms with van der Waals surface area (Å²) >= 11 is 0. The van der Waals surface area contributed by atoms with Crippen molar-refractivity contribution >= 4 is 18.9 Å². The molecule has 0 radical (unpaired) electrons. The van der Waals surface area contributed by atoms with E-state index >= 15 is 0 Å². The van der Waals surface area contributed by atoms with Crippen molar-refractivity contribution in [2.75, 3.05) is 0 Å². The molecular weight excluding hydrogens is 303 g/mol. The van der Waals surface area contributed by atoms with Gasteiger partial charge in [0.25, 0.3) is 0 Å². The van der Waals surface area contributed by atoms with E-state index in [1.807, 2.05) is 0 Å². The summed E-state index contributed by atoms with van der Waals surface area (Å²) in [5, 5.41) is 9.36. The average Bonchev–Trinajstić information content (AvgIpc) is 2.22. The summed E-state index contributed by atoms with van der Waals surface area (Å²) in [5.41, 5.74) is -0.958. The molecule has 0 atom stereocenters. The van der Waals surface area contributed by atoms with Crippen LogP contribution in [-0.4, -0.2) is 22.3 Å². The van der Waals surface area contributed by atoms with Crippen LogP contribution in [0.25, 0.3) is 0 Å². The number of carbonyl (C=O) groups is 1. The van der Waals surface area contributed by atoms with Crippen molar-refractivity contribution in [3.8, 4) is 0 Å². The van der Waals surface area contributed by atoms with Crippen molar-refractivity contribution in [1.29, 1.82) is 0 Å². The van der Waals surface area contributed by atoms with Gasteiger partial charge in [-0.15, -0.1) is 0 Å². The van der Waals surface area contributed by atoms with E-state index in [2.05, 4.69) is 0 Å². The van der Waals surface area contributed by atoms with Gasteiger partial charge in [0.2, 0.25) is 0 Å². The van der Waals surface area contributed by atoms with Crippen LogP contribution in [0.1, 0.15) is 47.1 Å². The van der Waals surface area contributed by atoms with Crippen LogP contribution in [0.3, 0.4) is 0 Å². The Morgan fingerprint density at radius 2 is 1.50 bits per heavy atom. The van der Waals surface area contributed by atoms with E-state index in [1.165, 1.54) is 0 Å². The lowest BCUT2D eigenvalue weighted by Crippen LogP contribution is -2.29. The van der Waals surface area contributed by atoms with E-state index in [0.717, 1.165) is 0 Å². The van der Waals surface area contributed by atoms with Gasteiger partial charge in [0.05, 0.1) is 22.9 Å². The predicted molar refractivity (Wildman–Crippen MR) is 86.7 cm³/mol. The molecule has 1 aromatic carbocycles. The minimum atomic E-state index is -3.67. The highest BCUT2D eigenvalue weighted by Crippen LogP contribution is 2.54. The maximum absolute atomic E-state index is 13.4. The molecule has 0 aliphatic carbocycles. The maximum atomic E-state index is 13.4. The molecule has 0 aliphatic heterocycles. The fourth-order valence-corrected chi connectivity index (χ4v) is 4.38. The summed E-state index contributed by atoms with van der Waals surface area (Å²) < 4.78 is 24.9. The Labute approximate surface area is 132 Å². The zero-order valence-electron chi connectivity index (χ0n) is 14.0. The van der Waals surface area contributed by atoms with E-state index in [0.29, 0.717) is 10.9 Å². The molecule has 0 heterocycles. The fraction of sp³-hybridized carbons (Fsp3) is 0.562. The van der Waals surface area contributed by atoms with Crippen LogP contribution in [0, 0.1) is 0 Å². The molecule has 0 aromatic heterocycles. The molecule has 0 amide bonds. The van der Waals surface area contributed by atoms with Crippen LogP contribution in [0.4, 0.5) is 0 Å². The molecule has 1 aromatic rings. The first-order chi connectivity index (χ1) is 9.82. The lowest BCUT2D eigenvalue weighted by atomic mass is 10.1. The monoisotopic (exact) mass is 328 g/mol. The van der Waals surface area contributed by atoms with E-state index in [-0.39, 0.29) is 6.42 Å². The molecule has 5 nitrogen and oxygen atoms in total. The molecule has 0 saturated carbocycles. The average molecular weight is 328 g/mol. The van der Waals surface area contributed by atoms with E-state index in [9.17, 15) is 9.36 Å². The van der Waals surface area contributed by atoms with Crippen LogP contribution in [0.5, 0.6) is 0 Å². The third-order valence-electron chi connectivity index (χ3n) is 2.42. The zero-order valence-corrected chi connectivity index (χ0v) is 14.9. The highest BCUT2D eigenvalue weighted by Gasteiger charge is 2.38. The van der Waals surface area contributed by atoms with Crippen molar-refractivity contribution in [1.82, 2.24) is 0 Å². The SMILES string of the molecule is CC(C)(C)OP(=O)(OC(C)(C)C)c1ccccc1CC(=O)O. The Hall–Kier alpha value is -1.16. The van der Waals surface area contributed by atoms with Gasteiger partial charge >= 0.3 is 13.6 Å². The van der Waals surface area contributed by atoms with Gasteiger partial charge < -0.3 is 5.11 Å². The van der Waals surface area contributed by atoms with Crippen molar-refractivity contribution in [3.05, 3.63) is 29.8 Å². The second-order valence-corrected chi connectivity index (χ2v) is 8.95. The molecule has 0 saturated heterocycles. The molecule has 1 rings (SSSR count). The van der Waals surface area contributed by atoms with Gasteiger partial charge in [-0.1, -0.05) is 18.2 Å². The van der Waals surface area contributed by atoms with Crippen molar-refractivity contribution in [2.24, 2.45) is 0 Å². The second kappa shape index (κ2) is 6.53. The van der Waals surface area contributed by atoms with Gasteiger partial charge in [-0.3, -0.25) is 18.4 Å². The topological polar surface area (TPSA) is 72.8 Å². The maximum Gasteiger partial charge on any atom is 0.362 e. The first kappa shape index (κ1) is 18.9. The number of carboxylic acid groups (broad SMARTS) is 1. The lowest BCUT2D eigenvalue weighted by molar-refractivity contribution is -0.136. The molecule has 0 fully saturated rings. The number of benzene rings is 1. The van der Waals surface area contributed by atoms with Gasteiger partial charge in [0.1, 0.15) is 0 Å². The van der Waals surface area contributed by atoms with Gasteiger partial charge in [0, 0.05) is 0 Å². The molecule has 6 heteroatoms. The standard InChI is InChI=1S/C16H25O5P/c1-15(2,3)20-22(19,21-16(4,5)6)13-10-8-7-9-12(13)11-14(17)18/h7-10H,11H2,1-6H3,(H,17,18). The molecule has 0 bridgehead atoms. The third kappa shape index (κ3) is 5.91. The van der Waals surface area contributed by atoms with Crippen LogP contribution in [0.15, 0.2) is 24.3 Å². The van der Waals surface area contributed by atoms with Gasteiger partial charge in [-0.05, 0) is 53.2 Å². The van der Waals surface area contributed by atoms with Gasteiger partial charge in [0.15, 0.2) is 0 Å². The second-order valence-electron chi connectivity index (χ2n) is 7.10. The smallest absolute Gasteiger partial charge is 0.362 e. The van der Waals surface area contributed by atoms with Gasteiger partial charge in [-0.25, -0.2) is 0 Å².